The van der Waals surface area contributed by atoms with Gasteiger partial charge in [0.05, 0.1) is 5.56 Å². The first-order valence-electron chi connectivity index (χ1n) is 7.50. The third kappa shape index (κ3) is 3.79. The van der Waals surface area contributed by atoms with E-state index in [0.29, 0.717) is 11.3 Å². The van der Waals surface area contributed by atoms with Gasteiger partial charge in [-0.2, -0.15) is 0 Å². The molecule has 0 aromatic heterocycles. The molecule has 3 heteroatoms. The first kappa shape index (κ1) is 16.3. The number of carbonyl (C=O) groups is 1. The minimum absolute atomic E-state index is 0.289. The monoisotopic (exact) mass is 300 g/mol. The summed E-state index contributed by atoms with van der Waals surface area (Å²) < 4.78 is 12.1. The second kappa shape index (κ2) is 5.64. The molecular formula is C19H24O3. The smallest absolute Gasteiger partial charge is 0.153 e. The molecule has 0 fully saturated rings. The van der Waals surface area contributed by atoms with Crippen LogP contribution >= 0.6 is 0 Å². The van der Waals surface area contributed by atoms with Crippen LogP contribution in [0.5, 0.6) is 11.5 Å². The number of aldehydes is 1. The van der Waals surface area contributed by atoms with Gasteiger partial charge in [-0.3, -0.25) is 4.79 Å². The SMILES string of the molecule is CC(C)(C)Oc1cccc2c(OC(C)(C)C)c(C=O)ccc12. The van der Waals surface area contributed by atoms with Crippen LogP contribution in [0, 0.1) is 0 Å². The van der Waals surface area contributed by atoms with E-state index < -0.39 is 0 Å². The van der Waals surface area contributed by atoms with Crippen molar-refractivity contribution in [2.45, 2.75) is 52.7 Å². The molecule has 3 nitrogen and oxygen atoms in total. The van der Waals surface area contributed by atoms with Gasteiger partial charge in [0.1, 0.15) is 22.7 Å². The van der Waals surface area contributed by atoms with Crippen molar-refractivity contribution < 1.29 is 14.3 Å². The van der Waals surface area contributed by atoms with E-state index in [2.05, 4.69) is 0 Å². The number of carbonyl (C=O) groups excluding carboxylic acids is 1. The van der Waals surface area contributed by atoms with Crippen molar-refractivity contribution >= 4 is 17.1 Å². The molecule has 0 saturated carbocycles. The highest BCUT2D eigenvalue weighted by atomic mass is 16.5. The van der Waals surface area contributed by atoms with Crippen LogP contribution in [-0.4, -0.2) is 17.5 Å². The summed E-state index contributed by atoms with van der Waals surface area (Å²) in [6, 6.07) is 9.52. The number of ether oxygens (including phenoxy) is 2. The Morgan fingerprint density at radius 2 is 1.45 bits per heavy atom. The molecule has 0 atom stereocenters. The lowest BCUT2D eigenvalue weighted by Crippen LogP contribution is -2.24. The Balaban J connectivity index is 2.66. The van der Waals surface area contributed by atoms with Crippen LogP contribution < -0.4 is 9.47 Å². The Bertz CT molecular complexity index is 688. The first-order chi connectivity index (χ1) is 10.1. The first-order valence-corrected chi connectivity index (χ1v) is 7.50. The lowest BCUT2D eigenvalue weighted by Gasteiger charge is -2.25. The third-order valence-corrected chi connectivity index (χ3v) is 2.95. The summed E-state index contributed by atoms with van der Waals surface area (Å²) in [6.45, 7) is 11.9. The molecule has 118 valence electrons. The number of benzene rings is 2. The van der Waals surface area contributed by atoms with E-state index in [1.165, 1.54) is 0 Å². The molecule has 2 rings (SSSR count). The van der Waals surface area contributed by atoms with Crippen molar-refractivity contribution in [2.24, 2.45) is 0 Å². The molecule has 0 spiro atoms. The molecular weight excluding hydrogens is 276 g/mol. The van der Waals surface area contributed by atoms with Crippen LogP contribution in [0.4, 0.5) is 0 Å². The van der Waals surface area contributed by atoms with Gasteiger partial charge in [-0.25, -0.2) is 0 Å². The van der Waals surface area contributed by atoms with E-state index >= 15 is 0 Å². The van der Waals surface area contributed by atoms with Crippen molar-refractivity contribution in [2.75, 3.05) is 0 Å². The zero-order chi connectivity index (χ0) is 16.5. The van der Waals surface area contributed by atoms with Crippen LogP contribution in [0.2, 0.25) is 0 Å². The predicted molar refractivity (Wildman–Crippen MR) is 90.1 cm³/mol. The van der Waals surface area contributed by atoms with Gasteiger partial charge in [-0.1, -0.05) is 12.1 Å². The van der Waals surface area contributed by atoms with Gasteiger partial charge in [0.2, 0.25) is 0 Å². The van der Waals surface area contributed by atoms with E-state index in [1.807, 2.05) is 65.8 Å². The fourth-order valence-electron chi connectivity index (χ4n) is 2.25. The predicted octanol–water partition coefficient (Wildman–Crippen LogP) is 5.01. The largest absolute Gasteiger partial charge is 0.488 e. The van der Waals surface area contributed by atoms with Crippen LogP contribution in [0.15, 0.2) is 30.3 Å². The number of fused-ring (bicyclic) bond motifs is 1. The second-order valence-corrected chi connectivity index (χ2v) is 7.38. The molecule has 0 aliphatic heterocycles. The maximum Gasteiger partial charge on any atom is 0.153 e. The number of rotatable bonds is 3. The van der Waals surface area contributed by atoms with Gasteiger partial charge < -0.3 is 9.47 Å². The summed E-state index contributed by atoms with van der Waals surface area (Å²) >= 11 is 0. The molecule has 0 saturated heterocycles. The van der Waals surface area contributed by atoms with Gasteiger partial charge in [0, 0.05) is 10.8 Å². The average molecular weight is 300 g/mol. The zero-order valence-corrected chi connectivity index (χ0v) is 14.2. The number of hydrogen-bond acceptors (Lipinski definition) is 3. The maximum absolute atomic E-state index is 11.4. The average Bonchev–Trinajstić information content (AvgIpc) is 2.36. The van der Waals surface area contributed by atoms with Gasteiger partial charge in [0.25, 0.3) is 0 Å². The molecule has 2 aromatic carbocycles. The van der Waals surface area contributed by atoms with Crippen LogP contribution in [0.3, 0.4) is 0 Å². The van der Waals surface area contributed by atoms with E-state index in [9.17, 15) is 4.79 Å². The fraction of sp³-hybridized carbons (Fsp3) is 0.421. The Kier molecular flexibility index (Phi) is 4.19. The van der Waals surface area contributed by atoms with Crippen LogP contribution in [0.1, 0.15) is 51.9 Å². The minimum Gasteiger partial charge on any atom is -0.488 e. The van der Waals surface area contributed by atoms with Crippen molar-refractivity contribution in [3.63, 3.8) is 0 Å². The van der Waals surface area contributed by atoms with Crippen LogP contribution in [-0.2, 0) is 0 Å². The molecule has 22 heavy (non-hydrogen) atoms. The van der Waals surface area contributed by atoms with Crippen molar-refractivity contribution in [3.8, 4) is 11.5 Å². The van der Waals surface area contributed by atoms with Gasteiger partial charge in [-0.05, 0) is 59.7 Å². The Labute approximate surface area is 132 Å². The van der Waals surface area contributed by atoms with Crippen molar-refractivity contribution in [1.29, 1.82) is 0 Å². The van der Waals surface area contributed by atoms with Crippen LogP contribution in [0.25, 0.3) is 10.8 Å². The molecule has 0 aliphatic carbocycles. The molecule has 2 aromatic rings. The summed E-state index contributed by atoms with van der Waals surface area (Å²) in [4.78, 5) is 11.4. The molecule has 0 N–H and O–H groups in total. The normalized spacial score (nSPS) is 12.3. The second-order valence-electron chi connectivity index (χ2n) is 7.38. The highest BCUT2D eigenvalue weighted by Gasteiger charge is 2.20. The lowest BCUT2D eigenvalue weighted by atomic mass is 10.0. The van der Waals surface area contributed by atoms with E-state index in [0.717, 1.165) is 22.8 Å². The van der Waals surface area contributed by atoms with Crippen molar-refractivity contribution in [1.82, 2.24) is 0 Å². The Morgan fingerprint density at radius 1 is 0.818 bits per heavy atom. The molecule has 0 amide bonds. The Morgan fingerprint density at radius 3 is 2.00 bits per heavy atom. The molecule has 0 unspecified atom stereocenters. The quantitative estimate of drug-likeness (QED) is 0.748. The maximum atomic E-state index is 11.4. The zero-order valence-electron chi connectivity index (χ0n) is 14.2. The molecule has 0 bridgehead atoms. The molecule has 0 radical (unpaired) electrons. The highest BCUT2D eigenvalue weighted by molar-refractivity contribution is 5.99. The third-order valence-electron chi connectivity index (χ3n) is 2.95. The highest BCUT2D eigenvalue weighted by Crippen LogP contribution is 2.37. The fourth-order valence-corrected chi connectivity index (χ4v) is 2.25. The van der Waals surface area contributed by atoms with Gasteiger partial charge >= 0.3 is 0 Å². The van der Waals surface area contributed by atoms with Gasteiger partial charge in [0.15, 0.2) is 6.29 Å². The van der Waals surface area contributed by atoms with Gasteiger partial charge in [-0.15, -0.1) is 0 Å². The standard InChI is InChI=1S/C19H24O3/c1-18(2,3)21-16-9-7-8-15-14(16)11-10-13(12-20)17(15)22-19(4,5)6/h7-12H,1-6H3. The summed E-state index contributed by atoms with van der Waals surface area (Å²) in [5, 5.41) is 1.84. The van der Waals surface area contributed by atoms with Crippen molar-refractivity contribution in [3.05, 3.63) is 35.9 Å². The minimum atomic E-state index is -0.382. The molecule has 0 heterocycles. The Hall–Kier alpha value is -2.03. The summed E-state index contributed by atoms with van der Waals surface area (Å²) in [6.07, 6.45) is 0.831. The van der Waals surface area contributed by atoms with E-state index in [-0.39, 0.29) is 11.2 Å². The summed E-state index contributed by atoms with van der Waals surface area (Å²) in [5.74, 6) is 1.40. The molecule has 0 aliphatic rings. The van der Waals surface area contributed by atoms with E-state index in [1.54, 1.807) is 6.07 Å². The lowest BCUT2D eigenvalue weighted by molar-refractivity contribution is 0.109. The van der Waals surface area contributed by atoms with E-state index in [4.69, 9.17) is 9.47 Å². The topological polar surface area (TPSA) is 35.5 Å². The summed E-state index contributed by atoms with van der Waals surface area (Å²) in [5.41, 5.74) is -0.120. The number of hydrogen-bond donors (Lipinski definition) is 0. The summed E-state index contributed by atoms with van der Waals surface area (Å²) in [7, 11) is 0.